The van der Waals surface area contributed by atoms with Crippen molar-refractivity contribution in [2.24, 2.45) is 0 Å². The predicted octanol–water partition coefficient (Wildman–Crippen LogP) is 3.01. The molecule has 0 bridgehead atoms. The number of hydrogen-bond acceptors (Lipinski definition) is 3. The molecule has 5 heteroatoms. The average Bonchev–Trinajstić information content (AvgIpc) is 3.07. The third-order valence-electron chi connectivity index (χ3n) is 5.06. The van der Waals surface area contributed by atoms with Crippen LogP contribution in [-0.4, -0.2) is 54.5 Å². The Morgan fingerprint density at radius 3 is 2.39 bits per heavy atom. The van der Waals surface area contributed by atoms with Gasteiger partial charge in [-0.3, -0.25) is 4.79 Å². The van der Waals surface area contributed by atoms with Gasteiger partial charge < -0.3 is 14.2 Å². The van der Waals surface area contributed by atoms with Crippen molar-refractivity contribution in [2.45, 2.75) is 52.5 Å². The van der Waals surface area contributed by atoms with Crippen LogP contribution in [0.15, 0.2) is 0 Å². The van der Waals surface area contributed by atoms with E-state index in [0.29, 0.717) is 46.2 Å². The van der Waals surface area contributed by atoms with E-state index in [1.165, 1.54) is 25.7 Å². The summed E-state index contributed by atoms with van der Waals surface area (Å²) in [6, 6.07) is 0.555. The number of likely N-dealkylation sites (N-methyl/N-ethyl adjacent to an activating group) is 1. The first kappa shape index (κ1) is 17.7. The van der Waals surface area contributed by atoms with Crippen molar-refractivity contribution >= 4 is 11.8 Å². The summed E-state index contributed by atoms with van der Waals surface area (Å²) < 4.78 is 5.80. The fourth-order valence-corrected chi connectivity index (χ4v) is 3.72. The van der Waals surface area contributed by atoms with Gasteiger partial charge in [0.2, 0.25) is 5.78 Å². The molecule has 0 radical (unpaired) electrons. The van der Waals surface area contributed by atoms with E-state index >= 15 is 0 Å². The van der Waals surface area contributed by atoms with E-state index in [1.807, 2.05) is 13.8 Å². The van der Waals surface area contributed by atoms with Crippen molar-refractivity contribution in [1.29, 1.82) is 0 Å². The Kier molecular flexibility index (Phi) is 5.30. The number of quaternary nitrogens is 1. The number of aryl methyl sites for hydroxylation is 1. The van der Waals surface area contributed by atoms with Crippen LogP contribution in [0.4, 0.5) is 0 Å². The predicted molar refractivity (Wildman–Crippen MR) is 89.8 cm³/mol. The number of Topliss-reactive ketones (excluding diaryl/α,β-unsaturated/α-hetero) is 1. The largest absolute Gasteiger partial charge is 0.462 e. The van der Waals surface area contributed by atoms with Crippen molar-refractivity contribution in [3.05, 3.63) is 22.5 Å². The molecule has 0 amide bonds. The molecule has 1 N–H and O–H groups in total. The SMILES string of the molecule is CCOC(=O)c1c(C)[nH]c(C(=O)C[N+](C)(C)C2CCCC2)c1C. The summed E-state index contributed by atoms with van der Waals surface area (Å²) in [5.41, 5.74) is 2.46. The second-order valence-corrected chi connectivity index (χ2v) is 7.14. The molecule has 0 aromatic carbocycles. The molecule has 1 heterocycles. The minimum absolute atomic E-state index is 0.0676. The summed E-state index contributed by atoms with van der Waals surface area (Å²) in [6.45, 7) is 6.19. The van der Waals surface area contributed by atoms with Crippen LogP contribution in [-0.2, 0) is 4.74 Å². The number of esters is 1. The number of H-pyrrole nitrogens is 1. The molecule has 23 heavy (non-hydrogen) atoms. The molecule has 1 aromatic heterocycles. The number of nitrogens with zero attached hydrogens (tertiary/aromatic N) is 1. The molecule has 1 aliphatic carbocycles. The molecule has 1 fully saturated rings. The zero-order valence-electron chi connectivity index (χ0n) is 15.0. The Morgan fingerprint density at radius 1 is 1.22 bits per heavy atom. The highest BCUT2D eigenvalue weighted by Crippen LogP contribution is 2.27. The fourth-order valence-electron chi connectivity index (χ4n) is 3.72. The zero-order chi connectivity index (χ0) is 17.2. The second-order valence-electron chi connectivity index (χ2n) is 7.14. The minimum Gasteiger partial charge on any atom is -0.462 e. The minimum atomic E-state index is -0.359. The van der Waals surface area contributed by atoms with E-state index in [4.69, 9.17) is 4.74 Å². The van der Waals surface area contributed by atoms with Gasteiger partial charge in [0, 0.05) is 5.69 Å². The standard InChI is InChI=1S/C18H28N2O3/c1-6-23-18(22)16-12(2)17(19-13(16)3)15(21)11-20(4,5)14-9-7-8-10-14/h14H,6-11H2,1-5H3/p+1. The number of ketones is 1. The van der Waals surface area contributed by atoms with E-state index < -0.39 is 0 Å². The number of ether oxygens (including phenoxy) is 1. The molecular weight excluding hydrogens is 292 g/mol. The maximum absolute atomic E-state index is 12.8. The van der Waals surface area contributed by atoms with E-state index in [2.05, 4.69) is 19.1 Å². The molecule has 2 rings (SSSR count). The Bertz CT molecular complexity index is 596. The summed E-state index contributed by atoms with van der Waals surface area (Å²) in [5, 5.41) is 0. The van der Waals surface area contributed by atoms with Crippen LogP contribution >= 0.6 is 0 Å². The summed E-state index contributed by atoms with van der Waals surface area (Å²) >= 11 is 0. The van der Waals surface area contributed by atoms with E-state index in [1.54, 1.807) is 6.92 Å². The van der Waals surface area contributed by atoms with E-state index in [9.17, 15) is 9.59 Å². The maximum atomic E-state index is 12.8. The number of hydrogen-bond donors (Lipinski definition) is 1. The Morgan fingerprint density at radius 2 is 1.83 bits per heavy atom. The first-order chi connectivity index (χ1) is 10.8. The first-order valence-electron chi connectivity index (χ1n) is 8.50. The highest BCUT2D eigenvalue weighted by atomic mass is 16.5. The van der Waals surface area contributed by atoms with Gasteiger partial charge in [0.15, 0.2) is 0 Å². The molecule has 0 aliphatic heterocycles. The number of aromatic amines is 1. The lowest BCUT2D eigenvalue weighted by atomic mass is 10.1. The number of aromatic nitrogens is 1. The lowest BCUT2D eigenvalue weighted by Crippen LogP contribution is -2.50. The van der Waals surface area contributed by atoms with Crippen LogP contribution in [0.1, 0.15) is 64.7 Å². The molecule has 1 aromatic rings. The monoisotopic (exact) mass is 321 g/mol. The summed E-state index contributed by atoms with van der Waals surface area (Å²) in [4.78, 5) is 27.9. The highest BCUT2D eigenvalue weighted by Gasteiger charge is 2.34. The van der Waals surface area contributed by atoms with Gasteiger partial charge in [-0.05, 0) is 52.0 Å². The summed E-state index contributed by atoms with van der Waals surface area (Å²) in [7, 11) is 4.26. The second kappa shape index (κ2) is 6.87. The molecule has 128 valence electrons. The van der Waals surface area contributed by atoms with Gasteiger partial charge in [-0.2, -0.15) is 0 Å². The number of carbonyl (C=O) groups is 2. The quantitative estimate of drug-likeness (QED) is 0.498. The Hall–Kier alpha value is -1.62. The highest BCUT2D eigenvalue weighted by molar-refractivity contribution is 6.02. The molecular formula is C18H29N2O3+. The van der Waals surface area contributed by atoms with Gasteiger partial charge in [-0.25, -0.2) is 4.79 Å². The van der Waals surface area contributed by atoms with Gasteiger partial charge in [0.25, 0.3) is 0 Å². The molecule has 1 saturated carbocycles. The third-order valence-corrected chi connectivity index (χ3v) is 5.06. The zero-order valence-corrected chi connectivity index (χ0v) is 15.0. The molecule has 0 saturated heterocycles. The van der Waals surface area contributed by atoms with Gasteiger partial charge >= 0.3 is 5.97 Å². The van der Waals surface area contributed by atoms with Crippen LogP contribution < -0.4 is 0 Å². The van der Waals surface area contributed by atoms with Gasteiger partial charge in [0.1, 0.15) is 6.54 Å². The topological polar surface area (TPSA) is 59.2 Å². The Labute approximate surface area is 138 Å². The van der Waals surface area contributed by atoms with Crippen LogP contribution in [0.5, 0.6) is 0 Å². The van der Waals surface area contributed by atoms with Crippen LogP contribution in [0, 0.1) is 13.8 Å². The first-order valence-corrected chi connectivity index (χ1v) is 8.50. The van der Waals surface area contributed by atoms with E-state index in [0.717, 1.165) is 0 Å². The molecule has 0 atom stereocenters. The summed E-state index contributed by atoms with van der Waals surface area (Å²) in [6.07, 6.45) is 4.90. The van der Waals surface area contributed by atoms with Crippen LogP contribution in [0.25, 0.3) is 0 Å². The number of nitrogens with one attached hydrogen (secondary N) is 1. The van der Waals surface area contributed by atoms with Gasteiger partial charge in [-0.1, -0.05) is 0 Å². The lowest BCUT2D eigenvalue weighted by Gasteiger charge is -2.35. The molecule has 5 nitrogen and oxygen atoms in total. The maximum Gasteiger partial charge on any atom is 0.340 e. The molecule has 1 aliphatic rings. The van der Waals surface area contributed by atoms with Gasteiger partial charge in [0.05, 0.1) is 38.0 Å². The normalized spacial score (nSPS) is 15.9. The summed E-state index contributed by atoms with van der Waals surface area (Å²) in [5.74, 6) is -0.291. The lowest BCUT2D eigenvalue weighted by molar-refractivity contribution is -0.906. The van der Waals surface area contributed by atoms with Crippen LogP contribution in [0.3, 0.4) is 0 Å². The Balaban J connectivity index is 2.20. The number of rotatable bonds is 6. The van der Waals surface area contributed by atoms with Crippen LogP contribution in [0.2, 0.25) is 0 Å². The van der Waals surface area contributed by atoms with Crippen molar-refractivity contribution in [1.82, 2.24) is 4.98 Å². The molecule has 0 spiro atoms. The number of carbonyl (C=O) groups excluding carboxylic acids is 2. The third kappa shape index (κ3) is 3.66. The van der Waals surface area contributed by atoms with Crippen molar-refractivity contribution in [3.8, 4) is 0 Å². The van der Waals surface area contributed by atoms with Gasteiger partial charge in [-0.15, -0.1) is 0 Å². The smallest absolute Gasteiger partial charge is 0.340 e. The fraction of sp³-hybridized carbons (Fsp3) is 0.667. The van der Waals surface area contributed by atoms with Crippen molar-refractivity contribution in [2.75, 3.05) is 27.2 Å². The molecule has 0 unspecified atom stereocenters. The van der Waals surface area contributed by atoms with Crippen molar-refractivity contribution < 1.29 is 18.8 Å². The van der Waals surface area contributed by atoms with E-state index in [-0.39, 0.29) is 11.8 Å². The average molecular weight is 321 g/mol. The van der Waals surface area contributed by atoms with Crippen molar-refractivity contribution in [3.63, 3.8) is 0 Å².